The van der Waals surface area contributed by atoms with Gasteiger partial charge in [-0.2, -0.15) is 0 Å². The van der Waals surface area contributed by atoms with E-state index in [4.69, 9.17) is 34.7 Å². The van der Waals surface area contributed by atoms with Crippen molar-refractivity contribution >= 4 is 69.4 Å². The molecule has 3 atom stereocenters. The minimum absolute atomic E-state index is 0.0768. The van der Waals surface area contributed by atoms with Gasteiger partial charge in [0.15, 0.2) is 5.78 Å². The molecule has 0 spiro atoms. The second-order valence-electron chi connectivity index (χ2n) is 12.4. The summed E-state index contributed by atoms with van der Waals surface area (Å²) in [6, 6.07) is 12.9. The molecule has 4 aromatic rings. The number of halogens is 2. The molecule has 0 radical (unpaired) electrons. The number of hydrogen-bond donors (Lipinski definition) is 5. The Hall–Kier alpha value is -3.94. The number of unbranched alkanes of at least 4 members (excludes halogenated alkanes) is 1. The highest BCUT2D eigenvalue weighted by atomic mass is 35.5. The van der Waals surface area contributed by atoms with Crippen molar-refractivity contribution in [1.29, 1.82) is 0 Å². The summed E-state index contributed by atoms with van der Waals surface area (Å²) in [5.74, 6) is -2.48. The Balaban J connectivity index is 1.58. The molecule has 0 bridgehead atoms. The maximum Gasteiger partial charge on any atom is 0.243 e. The lowest BCUT2D eigenvalue weighted by Gasteiger charge is -2.31. The predicted molar refractivity (Wildman–Crippen MR) is 196 cm³/mol. The van der Waals surface area contributed by atoms with Crippen LogP contribution in [0.5, 0.6) is 0 Å². The number of aromatic nitrogens is 2. The molecule has 11 nitrogen and oxygen atoms in total. The van der Waals surface area contributed by atoms with E-state index in [0.29, 0.717) is 51.3 Å². The molecule has 3 amide bonds. The molecule has 50 heavy (non-hydrogen) atoms. The van der Waals surface area contributed by atoms with E-state index in [2.05, 4.69) is 20.6 Å². The van der Waals surface area contributed by atoms with Crippen molar-refractivity contribution in [1.82, 2.24) is 25.5 Å². The summed E-state index contributed by atoms with van der Waals surface area (Å²) < 4.78 is 0. The monoisotopic (exact) mass is 737 g/mol. The van der Waals surface area contributed by atoms with Gasteiger partial charge in [0.1, 0.15) is 11.1 Å². The zero-order chi connectivity index (χ0) is 35.8. The number of nitrogens with two attached hydrogens (primary N) is 2. The number of likely N-dealkylation sites (N-methyl/N-ethyl adjacent to an activating group) is 1. The fraction of sp³-hybridized carbons (Fsp3) is 0.361. The van der Waals surface area contributed by atoms with Crippen LogP contribution in [-0.4, -0.2) is 64.0 Å². The van der Waals surface area contributed by atoms with Crippen LogP contribution in [0.15, 0.2) is 70.8 Å². The number of hydrogen-bond acceptors (Lipinski definition) is 8. The number of carbonyl (C=O) groups is 4. The molecule has 5 rings (SSSR count). The molecule has 2 aromatic heterocycles. The summed E-state index contributed by atoms with van der Waals surface area (Å²) in [6.07, 6.45) is 4.96. The van der Waals surface area contributed by atoms with Crippen LogP contribution in [0.2, 0.25) is 10.0 Å². The minimum atomic E-state index is -0.948. The fourth-order valence-electron chi connectivity index (χ4n) is 6.23. The van der Waals surface area contributed by atoms with Gasteiger partial charge in [-0.05, 0) is 60.3 Å². The normalized spacial score (nSPS) is 19.5. The van der Waals surface area contributed by atoms with E-state index in [1.54, 1.807) is 31.4 Å². The van der Waals surface area contributed by atoms with E-state index in [1.165, 1.54) is 16.7 Å². The Morgan fingerprint density at radius 1 is 1.06 bits per heavy atom. The molecule has 7 N–H and O–H groups in total. The molecule has 0 unspecified atom stereocenters. The molecule has 0 aliphatic carbocycles. The zero-order valence-electron chi connectivity index (χ0n) is 27.7. The van der Waals surface area contributed by atoms with Crippen molar-refractivity contribution < 1.29 is 19.2 Å². The number of rotatable bonds is 8. The van der Waals surface area contributed by atoms with Gasteiger partial charge in [-0.25, -0.2) is 4.98 Å². The van der Waals surface area contributed by atoms with Crippen LogP contribution in [-0.2, 0) is 38.7 Å². The number of H-pyrrole nitrogens is 1. The summed E-state index contributed by atoms with van der Waals surface area (Å²) in [7, 11) is 1.59. The Labute approximate surface area is 305 Å². The molecule has 0 fully saturated rings. The standard InChI is InChI=1S/C36H41Cl2N7O4S/c1-45-30(14-23-19-42-28-10-3-2-9-26(23)28)34(48)44-20-24-13-25(37)16-27(38)33(24)50-35-22(8-6-12-41-35)18-43-29(17-32(40)47)31(46)15-21(36(45)49)7-4-5-11-39/h2-3,6,8-10,12-13,16,19,21,29-30,42-43H,4-5,7,11,14-15,17-18,20,39H2,1H3,(H2,40,47)(H,44,48)/t21-,29+,30+/m1/s1. The SMILES string of the molecule is CN1C(=O)[C@H](CCCCN)CC(=O)[C@H](CC(N)=O)NCc2cccnc2Sc2c(Cl)cc(Cl)cc2CNC(=O)[C@@H]1Cc1c[nH]c2ccccc12. The van der Waals surface area contributed by atoms with Crippen LogP contribution in [0.25, 0.3) is 10.9 Å². The number of amides is 3. The molecule has 1 aliphatic heterocycles. The highest BCUT2D eigenvalue weighted by molar-refractivity contribution is 7.99. The van der Waals surface area contributed by atoms with Crippen LogP contribution in [0.3, 0.4) is 0 Å². The number of para-hydroxylation sites is 1. The number of nitrogens with zero attached hydrogens (tertiary/aromatic N) is 2. The molecule has 14 heteroatoms. The molecule has 0 saturated carbocycles. The number of ketones is 1. The molecular formula is C36H41Cl2N7O4S. The summed E-state index contributed by atoms with van der Waals surface area (Å²) in [6.45, 7) is 0.700. The van der Waals surface area contributed by atoms with Gasteiger partial charge in [0.05, 0.1) is 11.1 Å². The Morgan fingerprint density at radius 2 is 1.86 bits per heavy atom. The van der Waals surface area contributed by atoms with E-state index >= 15 is 0 Å². The Morgan fingerprint density at radius 3 is 2.64 bits per heavy atom. The van der Waals surface area contributed by atoms with Crippen molar-refractivity contribution in [2.24, 2.45) is 17.4 Å². The molecule has 0 saturated heterocycles. The number of carbonyl (C=O) groups excluding carboxylic acids is 4. The van der Waals surface area contributed by atoms with Crippen LogP contribution in [0, 0.1) is 5.92 Å². The van der Waals surface area contributed by atoms with Gasteiger partial charge in [-0.15, -0.1) is 0 Å². The molecule has 1 aliphatic rings. The number of pyridine rings is 1. The lowest BCUT2D eigenvalue weighted by Crippen LogP contribution is -2.51. The van der Waals surface area contributed by atoms with Gasteiger partial charge >= 0.3 is 0 Å². The number of benzene rings is 2. The van der Waals surface area contributed by atoms with E-state index in [0.717, 1.165) is 22.0 Å². The zero-order valence-corrected chi connectivity index (χ0v) is 30.0. The number of fused-ring (bicyclic) bond motifs is 3. The largest absolute Gasteiger partial charge is 0.370 e. The predicted octanol–water partition coefficient (Wildman–Crippen LogP) is 4.76. The first-order chi connectivity index (χ1) is 24.0. The second-order valence-corrected chi connectivity index (χ2v) is 14.3. The van der Waals surface area contributed by atoms with E-state index in [9.17, 15) is 19.2 Å². The molecular weight excluding hydrogens is 697 g/mol. The molecule has 3 heterocycles. The van der Waals surface area contributed by atoms with Gasteiger partial charge in [-0.3, -0.25) is 19.2 Å². The van der Waals surface area contributed by atoms with Gasteiger partial charge in [0, 0.05) is 78.5 Å². The first kappa shape index (κ1) is 37.3. The number of Topliss-reactive ketones (excluding diaryl/α,β-unsaturated/α-hetero) is 1. The van der Waals surface area contributed by atoms with Crippen LogP contribution in [0.4, 0.5) is 0 Å². The number of nitrogens with one attached hydrogen (secondary N) is 3. The van der Waals surface area contributed by atoms with Crippen molar-refractivity contribution in [3.63, 3.8) is 0 Å². The lowest BCUT2D eigenvalue weighted by atomic mass is 9.90. The average Bonchev–Trinajstić information content (AvgIpc) is 3.50. The fourth-order valence-corrected chi connectivity index (χ4v) is 7.88. The van der Waals surface area contributed by atoms with Gasteiger partial charge in [-0.1, -0.05) is 65.7 Å². The van der Waals surface area contributed by atoms with E-state index in [-0.39, 0.29) is 49.9 Å². The van der Waals surface area contributed by atoms with Gasteiger partial charge in [0.25, 0.3) is 0 Å². The Kier molecular flexibility index (Phi) is 12.9. The summed E-state index contributed by atoms with van der Waals surface area (Å²) in [5.41, 5.74) is 14.5. The summed E-state index contributed by atoms with van der Waals surface area (Å²) >= 11 is 14.5. The van der Waals surface area contributed by atoms with E-state index < -0.39 is 23.9 Å². The second kappa shape index (κ2) is 17.3. The maximum absolute atomic E-state index is 14.4. The van der Waals surface area contributed by atoms with Crippen molar-refractivity contribution in [3.8, 4) is 0 Å². The first-order valence-electron chi connectivity index (χ1n) is 16.5. The quantitative estimate of drug-likeness (QED) is 0.161. The smallest absolute Gasteiger partial charge is 0.243 e. The highest BCUT2D eigenvalue weighted by Crippen LogP contribution is 2.39. The maximum atomic E-state index is 14.4. The third kappa shape index (κ3) is 9.23. The van der Waals surface area contributed by atoms with Crippen molar-refractivity contribution in [2.75, 3.05) is 13.6 Å². The van der Waals surface area contributed by atoms with Crippen LogP contribution in [0.1, 0.15) is 48.8 Å². The topological polar surface area (TPSA) is 176 Å². The van der Waals surface area contributed by atoms with Crippen molar-refractivity contribution in [2.45, 2.75) is 73.6 Å². The summed E-state index contributed by atoms with van der Waals surface area (Å²) in [5, 5.41) is 8.56. The summed E-state index contributed by atoms with van der Waals surface area (Å²) in [4.78, 5) is 64.5. The van der Waals surface area contributed by atoms with Crippen molar-refractivity contribution in [3.05, 3.63) is 87.7 Å². The van der Waals surface area contributed by atoms with Gasteiger partial charge < -0.3 is 32.0 Å². The third-order valence-electron chi connectivity index (χ3n) is 8.93. The lowest BCUT2D eigenvalue weighted by molar-refractivity contribution is -0.143. The molecule has 2 aromatic carbocycles. The highest BCUT2D eigenvalue weighted by Gasteiger charge is 2.34. The Bertz CT molecular complexity index is 1870. The first-order valence-corrected chi connectivity index (χ1v) is 18.1. The van der Waals surface area contributed by atoms with Crippen LogP contribution >= 0.6 is 35.0 Å². The average molecular weight is 739 g/mol. The third-order valence-corrected chi connectivity index (χ3v) is 10.8. The molecule has 264 valence electrons. The number of aromatic amines is 1. The number of primary amides is 1. The van der Waals surface area contributed by atoms with Crippen LogP contribution < -0.4 is 22.1 Å². The van der Waals surface area contributed by atoms with Gasteiger partial charge in [0.2, 0.25) is 17.7 Å². The minimum Gasteiger partial charge on any atom is -0.370 e. The van der Waals surface area contributed by atoms with E-state index in [1.807, 2.05) is 36.5 Å².